The summed E-state index contributed by atoms with van der Waals surface area (Å²) in [5.74, 6) is 0.855. The fraction of sp³-hybridized carbons (Fsp3) is 0.529. The van der Waals surface area contributed by atoms with Crippen LogP contribution in [0, 0.1) is 0 Å². The van der Waals surface area contributed by atoms with Gasteiger partial charge in [-0.05, 0) is 37.0 Å². The van der Waals surface area contributed by atoms with Crippen LogP contribution in [-0.4, -0.2) is 43.0 Å². The lowest BCUT2D eigenvalue weighted by atomic mass is 10.1. The largest absolute Gasteiger partial charge is 0.497 e. The molecule has 0 radical (unpaired) electrons. The van der Waals surface area contributed by atoms with Gasteiger partial charge in [-0.1, -0.05) is 12.1 Å². The van der Waals surface area contributed by atoms with E-state index < -0.39 is 0 Å². The molecule has 0 unspecified atom stereocenters. The first-order valence-corrected chi connectivity index (χ1v) is 7.76. The van der Waals surface area contributed by atoms with Gasteiger partial charge in [-0.2, -0.15) is 0 Å². The molecule has 5 nitrogen and oxygen atoms in total. The van der Waals surface area contributed by atoms with E-state index in [0.29, 0.717) is 25.6 Å². The molecule has 5 heteroatoms. The number of hydrogen-bond donors (Lipinski definition) is 1. The Morgan fingerprint density at radius 3 is 2.73 bits per heavy atom. The zero-order chi connectivity index (χ0) is 15.9. The number of methoxy groups -OCH3 is 1. The van der Waals surface area contributed by atoms with Crippen molar-refractivity contribution in [2.24, 2.45) is 0 Å². The lowest BCUT2D eigenvalue weighted by molar-refractivity contribution is -0.129. The van der Waals surface area contributed by atoms with E-state index in [0.717, 1.165) is 30.6 Å². The van der Waals surface area contributed by atoms with Crippen molar-refractivity contribution in [2.75, 3.05) is 20.2 Å². The molecule has 0 atom stereocenters. The second kappa shape index (κ2) is 7.82. The molecule has 1 N–H and O–H groups in total. The molecule has 2 amide bonds. The number of nitrogens with one attached hydrogen (secondary N) is 1. The maximum Gasteiger partial charge on any atom is 0.221 e. The molecule has 1 aliphatic rings. The molecule has 1 fully saturated rings. The number of amides is 2. The van der Waals surface area contributed by atoms with Crippen LogP contribution >= 0.6 is 0 Å². The van der Waals surface area contributed by atoms with Crippen LogP contribution in [0.3, 0.4) is 0 Å². The van der Waals surface area contributed by atoms with Crippen molar-refractivity contribution in [1.82, 2.24) is 10.2 Å². The van der Waals surface area contributed by atoms with Crippen LogP contribution in [-0.2, 0) is 16.0 Å². The minimum absolute atomic E-state index is 0.00196. The summed E-state index contributed by atoms with van der Waals surface area (Å²) in [5, 5.41) is 2.94. The molecule has 0 aliphatic heterocycles. The number of carbonyl (C=O) groups is 2. The van der Waals surface area contributed by atoms with Crippen LogP contribution in [0.15, 0.2) is 24.3 Å². The Morgan fingerprint density at radius 1 is 1.32 bits per heavy atom. The monoisotopic (exact) mass is 304 g/mol. The minimum atomic E-state index is 0.00196. The van der Waals surface area contributed by atoms with E-state index in [9.17, 15) is 9.59 Å². The van der Waals surface area contributed by atoms with Crippen LogP contribution in [0.4, 0.5) is 0 Å². The molecule has 1 aliphatic carbocycles. The van der Waals surface area contributed by atoms with Crippen molar-refractivity contribution in [1.29, 1.82) is 0 Å². The fourth-order valence-electron chi connectivity index (χ4n) is 2.28. The predicted molar refractivity (Wildman–Crippen MR) is 84.7 cm³/mol. The summed E-state index contributed by atoms with van der Waals surface area (Å²) >= 11 is 0. The summed E-state index contributed by atoms with van der Waals surface area (Å²) in [5.41, 5.74) is 1.12. The number of ether oxygens (including phenoxy) is 1. The van der Waals surface area contributed by atoms with Crippen molar-refractivity contribution in [2.45, 2.75) is 38.6 Å². The van der Waals surface area contributed by atoms with E-state index >= 15 is 0 Å². The summed E-state index contributed by atoms with van der Waals surface area (Å²) in [7, 11) is 1.64. The number of carbonyl (C=O) groups excluding carboxylic acids is 2. The smallest absolute Gasteiger partial charge is 0.221 e. The van der Waals surface area contributed by atoms with Crippen molar-refractivity contribution < 1.29 is 14.3 Å². The second-order valence-corrected chi connectivity index (χ2v) is 5.70. The van der Waals surface area contributed by atoms with Crippen LogP contribution < -0.4 is 10.1 Å². The normalized spacial score (nSPS) is 13.5. The first-order chi connectivity index (χ1) is 10.6. The molecule has 0 aromatic heterocycles. The first-order valence-electron chi connectivity index (χ1n) is 7.76. The summed E-state index contributed by atoms with van der Waals surface area (Å²) < 4.78 is 5.20. The number of hydrogen-bond acceptors (Lipinski definition) is 3. The van der Waals surface area contributed by atoms with Gasteiger partial charge in [-0.15, -0.1) is 0 Å². The van der Waals surface area contributed by atoms with E-state index in [1.54, 1.807) is 18.9 Å². The molecule has 22 heavy (non-hydrogen) atoms. The number of benzene rings is 1. The van der Waals surface area contributed by atoms with E-state index in [1.807, 2.05) is 24.3 Å². The third-order valence-electron chi connectivity index (χ3n) is 3.80. The van der Waals surface area contributed by atoms with Gasteiger partial charge >= 0.3 is 0 Å². The average Bonchev–Trinajstić information content (AvgIpc) is 3.31. The van der Waals surface area contributed by atoms with Gasteiger partial charge in [0, 0.05) is 32.5 Å². The number of rotatable bonds is 8. The molecular weight excluding hydrogens is 280 g/mol. The van der Waals surface area contributed by atoms with Gasteiger partial charge in [-0.3, -0.25) is 9.59 Å². The van der Waals surface area contributed by atoms with Crippen molar-refractivity contribution in [3.63, 3.8) is 0 Å². The predicted octanol–water partition coefficient (Wildman–Crippen LogP) is 1.75. The van der Waals surface area contributed by atoms with E-state index in [-0.39, 0.29) is 11.8 Å². The highest BCUT2D eigenvalue weighted by Crippen LogP contribution is 2.18. The van der Waals surface area contributed by atoms with Gasteiger partial charge in [0.1, 0.15) is 5.75 Å². The highest BCUT2D eigenvalue weighted by atomic mass is 16.5. The zero-order valence-electron chi connectivity index (χ0n) is 13.3. The van der Waals surface area contributed by atoms with Gasteiger partial charge in [0.05, 0.1) is 7.11 Å². The van der Waals surface area contributed by atoms with Gasteiger partial charge in [0.25, 0.3) is 0 Å². The van der Waals surface area contributed by atoms with E-state index in [4.69, 9.17) is 4.74 Å². The molecular formula is C17H24N2O3. The van der Waals surface area contributed by atoms with Gasteiger partial charge in [-0.25, -0.2) is 0 Å². The molecule has 120 valence electrons. The maximum absolute atomic E-state index is 11.7. The lowest BCUT2D eigenvalue weighted by Gasteiger charge is -2.21. The van der Waals surface area contributed by atoms with Crippen molar-refractivity contribution >= 4 is 11.8 Å². The lowest BCUT2D eigenvalue weighted by Crippen LogP contribution is -2.35. The maximum atomic E-state index is 11.7. The van der Waals surface area contributed by atoms with Crippen LogP contribution in [0.5, 0.6) is 5.75 Å². The third-order valence-corrected chi connectivity index (χ3v) is 3.80. The molecule has 2 rings (SSSR count). The Kier molecular flexibility index (Phi) is 5.81. The van der Waals surface area contributed by atoms with E-state index in [1.165, 1.54) is 0 Å². The first kappa shape index (κ1) is 16.3. The van der Waals surface area contributed by atoms with Gasteiger partial charge in [0.2, 0.25) is 11.8 Å². The summed E-state index contributed by atoms with van der Waals surface area (Å²) in [6, 6.07) is 8.19. The Morgan fingerprint density at radius 2 is 2.09 bits per heavy atom. The van der Waals surface area contributed by atoms with Crippen molar-refractivity contribution in [3.05, 3.63) is 29.8 Å². The quantitative estimate of drug-likeness (QED) is 0.796. The fourth-order valence-corrected chi connectivity index (χ4v) is 2.28. The SMILES string of the molecule is COc1cccc(CCN(CCC(=O)NC2CC2)C(C)=O)c1. The van der Waals surface area contributed by atoms with E-state index in [2.05, 4.69) is 5.32 Å². The minimum Gasteiger partial charge on any atom is -0.497 e. The Bertz CT molecular complexity index is 526. The highest BCUT2D eigenvalue weighted by Gasteiger charge is 2.23. The summed E-state index contributed by atoms with van der Waals surface area (Å²) in [4.78, 5) is 25.1. The summed E-state index contributed by atoms with van der Waals surface area (Å²) in [6.07, 6.45) is 3.28. The molecule has 1 saturated carbocycles. The van der Waals surface area contributed by atoms with Crippen LogP contribution in [0.1, 0.15) is 31.7 Å². The second-order valence-electron chi connectivity index (χ2n) is 5.70. The molecule has 1 aromatic carbocycles. The number of nitrogens with zero attached hydrogens (tertiary/aromatic N) is 1. The molecule has 1 aromatic rings. The summed E-state index contributed by atoms with van der Waals surface area (Å²) in [6.45, 7) is 2.63. The third kappa shape index (κ3) is 5.39. The topological polar surface area (TPSA) is 58.6 Å². The van der Waals surface area contributed by atoms with Gasteiger partial charge < -0.3 is 15.0 Å². The zero-order valence-corrected chi connectivity index (χ0v) is 13.3. The van der Waals surface area contributed by atoms with Crippen LogP contribution in [0.25, 0.3) is 0 Å². The molecule has 0 heterocycles. The standard InChI is InChI=1S/C17H24N2O3/c1-13(20)19(11-9-17(21)18-15-6-7-15)10-8-14-4-3-5-16(12-14)22-2/h3-5,12,15H,6-11H2,1-2H3,(H,18,21). The van der Waals surface area contributed by atoms with Crippen molar-refractivity contribution in [3.8, 4) is 5.75 Å². The van der Waals surface area contributed by atoms with Crippen LogP contribution in [0.2, 0.25) is 0 Å². The van der Waals surface area contributed by atoms with Gasteiger partial charge in [0.15, 0.2) is 0 Å². The Hall–Kier alpha value is -2.04. The molecule has 0 saturated heterocycles. The molecule has 0 spiro atoms. The Labute approximate surface area is 131 Å². The molecule has 0 bridgehead atoms. The Balaban J connectivity index is 1.79. The highest BCUT2D eigenvalue weighted by molar-refractivity contribution is 5.78. The average molecular weight is 304 g/mol.